The standard InChI is InChI=1S/C26H32N2O7S/c1-33-22-12-10-21(11-13-22)26(19-23(29)27-35-24-9-5-6-17-34-24)14-15-28(16-18-36(26,31)32)25(30)20-7-3-2-4-8-20/h2-4,7-8,10-13,24H,5-6,9,14-19H2,1H3,(H,27,29). The van der Waals surface area contributed by atoms with Crippen LogP contribution in [0.5, 0.6) is 5.75 Å². The van der Waals surface area contributed by atoms with Crippen molar-refractivity contribution in [3.63, 3.8) is 0 Å². The van der Waals surface area contributed by atoms with Crippen LogP contribution in [-0.4, -0.2) is 64.0 Å². The maximum atomic E-state index is 13.8. The van der Waals surface area contributed by atoms with E-state index in [4.69, 9.17) is 14.3 Å². The molecule has 2 aliphatic rings. The van der Waals surface area contributed by atoms with E-state index in [1.807, 2.05) is 6.07 Å². The van der Waals surface area contributed by atoms with Crippen LogP contribution in [0.2, 0.25) is 0 Å². The Morgan fingerprint density at radius 3 is 2.50 bits per heavy atom. The fourth-order valence-electron chi connectivity index (χ4n) is 4.73. The van der Waals surface area contributed by atoms with Crippen LogP contribution in [0.25, 0.3) is 0 Å². The third-order valence-electron chi connectivity index (χ3n) is 6.82. The molecule has 2 saturated heterocycles. The van der Waals surface area contributed by atoms with Gasteiger partial charge in [0.2, 0.25) is 5.91 Å². The molecule has 2 unspecified atom stereocenters. The van der Waals surface area contributed by atoms with Gasteiger partial charge in [-0.1, -0.05) is 30.3 Å². The monoisotopic (exact) mass is 516 g/mol. The van der Waals surface area contributed by atoms with Crippen LogP contribution < -0.4 is 10.2 Å². The first-order valence-electron chi connectivity index (χ1n) is 12.1. The summed E-state index contributed by atoms with van der Waals surface area (Å²) in [5.74, 6) is -0.495. The van der Waals surface area contributed by atoms with Crippen molar-refractivity contribution in [2.75, 3.05) is 32.6 Å². The molecule has 9 nitrogen and oxygen atoms in total. The highest BCUT2D eigenvalue weighted by Crippen LogP contribution is 2.41. The fourth-order valence-corrected chi connectivity index (χ4v) is 6.83. The van der Waals surface area contributed by atoms with Gasteiger partial charge in [-0.05, 0) is 49.1 Å². The highest BCUT2D eigenvalue weighted by Gasteiger charge is 2.49. The van der Waals surface area contributed by atoms with Crippen molar-refractivity contribution in [2.45, 2.75) is 43.1 Å². The molecule has 2 fully saturated rings. The molecule has 0 aromatic heterocycles. The van der Waals surface area contributed by atoms with Gasteiger partial charge in [0.05, 0.1) is 19.3 Å². The minimum Gasteiger partial charge on any atom is -0.497 e. The Morgan fingerprint density at radius 2 is 1.83 bits per heavy atom. The van der Waals surface area contributed by atoms with Gasteiger partial charge in [0, 0.05) is 31.7 Å². The van der Waals surface area contributed by atoms with Gasteiger partial charge in [0.25, 0.3) is 5.91 Å². The van der Waals surface area contributed by atoms with Crippen LogP contribution in [-0.2, 0) is 29.0 Å². The normalized spacial score (nSPS) is 23.9. The molecule has 0 aliphatic carbocycles. The van der Waals surface area contributed by atoms with Crippen LogP contribution in [0, 0.1) is 0 Å². The number of nitrogens with zero attached hydrogens (tertiary/aromatic N) is 1. The van der Waals surface area contributed by atoms with Gasteiger partial charge < -0.3 is 14.4 Å². The predicted octanol–water partition coefficient (Wildman–Crippen LogP) is 2.82. The zero-order valence-electron chi connectivity index (χ0n) is 20.4. The molecule has 36 heavy (non-hydrogen) atoms. The summed E-state index contributed by atoms with van der Waals surface area (Å²) in [5, 5.41) is 0. The van der Waals surface area contributed by atoms with Crippen LogP contribution >= 0.6 is 0 Å². The van der Waals surface area contributed by atoms with E-state index in [9.17, 15) is 18.0 Å². The second-order valence-electron chi connectivity index (χ2n) is 9.07. The lowest BCUT2D eigenvalue weighted by molar-refractivity contribution is -0.200. The Bertz CT molecular complexity index is 1150. The van der Waals surface area contributed by atoms with Gasteiger partial charge in [-0.2, -0.15) is 0 Å². The Labute approximate surface area is 211 Å². The first-order chi connectivity index (χ1) is 17.3. The summed E-state index contributed by atoms with van der Waals surface area (Å²) in [7, 11) is -2.34. The van der Waals surface area contributed by atoms with E-state index in [-0.39, 0.29) is 37.6 Å². The molecule has 0 spiro atoms. The molecule has 10 heteroatoms. The quantitative estimate of drug-likeness (QED) is 0.564. The summed E-state index contributed by atoms with van der Waals surface area (Å²) >= 11 is 0. The number of carbonyl (C=O) groups excluding carboxylic acids is 2. The first-order valence-corrected chi connectivity index (χ1v) is 13.8. The summed E-state index contributed by atoms with van der Waals surface area (Å²) in [5.41, 5.74) is 3.37. The number of rotatable bonds is 7. The summed E-state index contributed by atoms with van der Waals surface area (Å²) in [6.45, 7) is 0.775. The Kier molecular flexibility index (Phi) is 8.28. The van der Waals surface area contributed by atoms with E-state index in [1.165, 1.54) is 7.11 Å². The molecular weight excluding hydrogens is 484 g/mol. The molecule has 2 aromatic carbocycles. The van der Waals surface area contributed by atoms with Crippen molar-refractivity contribution in [3.8, 4) is 5.75 Å². The number of hydrogen-bond donors (Lipinski definition) is 1. The van der Waals surface area contributed by atoms with Crippen molar-refractivity contribution in [1.82, 2.24) is 10.4 Å². The summed E-state index contributed by atoms with van der Waals surface area (Å²) in [6, 6.07) is 15.5. The minimum atomic E-state index is -3.86. The lowest BCUT2D eigenvalue weighted by atomic mass is 9.90. The number of hydroxylamine groups is 1. The van der Waals surface area contributed by atoms with Crippen LogP contribution in [0.15, 0.2) is 54.6 Å². The predicted molar refractivity (Wildman–Crippen MR) is 133 cm³/mol. The highest BCUT2D eigenvalue weighted by atomic mass is 32.2. The third-order valence-corrected chi connectivity index (χ3v) is 9.32. The minimum absolute atomic E-state index is 0.0436. The van der Waals surface area contributed by atoms with Gasteiger partial charge >= 0.3 is 0 Å². The molecule has 2 heterocycles. The molecule has 4 rings (SSSR count). The van der Waals surface area contributed by atoms with Crippen LogP contribution in [0.1, 0.15) is 48.0 Å². The molecule has 2 atom stereocenters. The van der Waals surface area contributed by atoms with E-state index in [0.29, 0.717) is 29.9 Å². The largest absolute Gasteiger partial charge is 0.497 e. The number of ether oxygens (including phenoxy) is 2. The van der Waals surface area contributed by atoms with Gasteiger partial charge in [-0.3, -0.25) is 9.59 Å². The number of sulfone groups is 1. The topological polar surface area (TPSA) is 111 Å². The third kappa shape index (κ3) is 5.71. The zero-order valence-corrected chi connectivity index (χ0v) is 21.2. The summed E-state index contributed by atoms with van der Waals surface area (Å²) < 4.78 is 36.8. The number of amides is 2. The van der Waals surface area contributed by atoms with E-state index < -0.39 is 26.8 Å². The van der Waals surface area contributed by atoms with E-state index in [0.717, 1.165) is 12.8 Å². The highest BCUT2D eigenvalue weighted by molar-refractivity contribution is 7.92. The first kappa shape index (κ1) is 26.1. The number of benzene rings is 2. The van der Waals surface area contributed by atoms with E-state index in [2.05, 4.69) is 5.48 Å². The van der Waals surface area contributed by atoms with Crippen molar-refractivity contribution in [2.24, 2.45) is 0 Å². The maximum Gasteiger partial charge on any atom is 0.253 e. The van der Waals surface area contributed by atoms with Crippen molar-refractivity contribution >= 4 is 21.7 Å². The number of hydrogen-bond acceptors (Lipinski definition) is 7. The Balaban J connectivity index is 1.60. The second-order valence-corrected chi connectivity index (χ2v) is 11.5. The van der Waals surface area contributed by atoms with Crippen molar-refractivity contribution in [1.29, 1.82) is 0 Å². The second kappa shape index (κ2) is 11.4. The van der Waals surface area contributed by atoms with Crippen molar-refractivity contribution < 1.29 is 32.3 Å². The molecular formula is C26H32N2O7S. The molecule has 0 bridgehead atoms. The lowest BCUT2D eigenvalue weighted by Crippen LogP contribution is -2.43. The van der Waals surface area contributed by atoms with E-state index in [1.54, 1.807) is 53.4 Å². The number of nitrogens with one attached hydrogen (secondary N) is 1. The molecule has 0 radical (unpaired) electrons. The van der Waals surface area contributed by atoms with Crippen molar-refractivity contribution in [3.05, 3.63) is 65.7 Å². The zero-order chi connectivity index (χ0) is 25.6. The van der Waals surface area contributed by atoms with Gasteiger partial charge in [-0.25, -0.2) is 18.7 Å². The average molecular weight is 517 g/mol. The molecule has 0 saturated carbocycles. The molecule has 2 aliphatic heterocycles. The number of methoxy groups -OCH3 is 1. The Morgan fingerprint density at radius 1 is 1.08 bits per heavy atom. The SMILES string of the molecule is COc1ccc(C2(CC(=O)NOC3CCCCO3)CCN(C(=O)c3ccccc3)CCS2(=O)=O)cc1. The maximum absolute atomic E-state index is 13.8. The summed E-state index contributed by atoms with van der Waals surface area (Å²) in [4.78, 5) is 33.1. The fraction of sp³-hybridized carbons (Fsp3) is 0.462. The van der Waals surface area contributed by atoms with Crippen LogP contribution in [0.3, 0.4) is 0 Å². The van der Waals surface area contributed by atoms with Gasteiger partial charge in [0.1, 0.15) is 10.5 Å². The van der Waals surface area contributed by atoms with Gasteiger partial charge in [0.15, 0.2) is 16.1 Å². The van der Waals surface area contributed by atoms with Gasteiger partial charge in [-0.15, -0.1) is 0 Å². The Hall–Kier alpha value is -2.95. The average Bonchev–Trinajstić information content (AvgIpc) is 3.04. The molecule has 1 N–H and O–H groups in total. The molecule has 2 aromatic rings. The number of carbonyl (C=O) groups is 2. The van der Waals surface area contributed by atoms with E-state index >= 15 is 0 Å². The van der Waals surface area contributed by atoms with Crippen LogP contribution in [0.4, 0.5) is 0 Å². The summed E-state index contributed by atoms with van der Waals surface area (Å²) in [6.07, 6.45) is 1.68. The smallest absolute Gasteiger partial charge is 0.253 e. The lowest BCUT2D eigenvalue weighted by Gasteiger charge is -2.32. The molecule has 2 amide bonds. The molecule has 194 valence electrons.